The van der Waals surface area contributed by atoms with Gasteiger partial charge in [0.15, 0.2) is 9.84 Å². The predicted molar refractivity (Wildman–Crippen MR) is 82.8 cm³/mol. The van der Waals surface area contributed by atoms with Crippen LogP contribution in [0.1, 0.15) is 5.56 Å². The van der Waals surface area contributed by atoms with Crippen LogP contribution >= 0.6 is 11.8 Å². The second-order valence-corrected chi connectivity index (χ2v) is 7.77. The predicted octanol–water partition coefficient (Wildman–Crippen LogP) is 2.88. The lowest BCUT2D eigenvalue weighted by atomic mass is 10.1. The molecule has 0 aliphatic rings. The molecule has 0 amide bonds. The van der Waals surface area contributed by atoms with E-state index in [1.807, 2.05) is 0 Å². The molecule has 0 bridgehead atoms. The lowest BCUT2D eigenvalue weighted by Crippen LogP contribution is -2.04. The maximum absolute atomic E-state index is 13.3. The minimum atomic E-state index is -3.19. The summed E-state index contributed by atoms with van der Waals surface area (Å²) in [6.45, 7) is 0.448. The van der Waals surface area contributed by atoms with Crippen molar-refractivity contribution in [2.75, 3.05) is 12.8 Å². The third-order valence-electron chi connectivity index (χ3n) is 2.92. The Morgan fingerprint density at radius 2 is 1.81 bits per heavy atom. The summed E-state index contributed by atoms with van der Waals surface area (Å²) in [5.41, 5.74) is 6.40. The van der Waals surface area contributed by atoms with Crippen LogP contribution in [0.15, 0.2) is 57.2 Å². The summed E-state index contributed by atoms with van der Waals surface area (Å²) in [6.07, 6.45) is 1.77. The number of halogens is 1. The van der Waals surface area contributed by atoms with Gasteiger partial charge >= 0.3 is 0 Å². The Kier molecular flexibility index (Phi) is 5.03. The number of hydrogen-bond donors (Lipinski definition) is 1. The lowest BCUT2D eigenvalue weighted by molar-refractivity contribution is 0.602. The van der Waals surface area contributed by atoms with Crippen LogP contribution in [0.5, 0.6) is 0 Å². The van der Waals surface area contributed by atoms with Crippen molar-refractivity contribution in [3.63, 3.8) is 0 Å². The molecule has 0 aromatic heterocycles. The van der Waals surface area contributed by atoms with Gasteiger partial charge in [0.25, 0.3) is 0 Å². The van der Waals surface area contributed by atoms with Crippen LogP contribution in [0.4, 0.5) is 4.39 Å². The van der Waals surface area contributed by atoms with E-state index in [1.165, 1.54) is 30.2 Å². The standard InChI is InChI=1S/C15H16FNO2S2/c1-21(18,19)14-5-3-13(4-6-14)20-15-7-2-12(16)10-11(15)8-9-17/h2-7,10H,8-9,17H2,1H3. The highest BCUT2D eigenvalue weighted by Gasteiger charge is 2.09. The molecule has 0 aliphatic carbocycles. The van der Waals surface area contributed by atoms with E-state index in [1.54, 1.807) is 30.3 Å². The molecule has 0 atom stereocenters. The first-order valence-corrected chi connectivity index (χ1v) is 9.07. The second-order valence-electron chi connectivity index (χ2n) is 4.64. The smallest absolute Gasteiger partial charge is 0.175 e. The number of sulfone groups is 1. The van der Waals surface area contributed by atoms with Gasteiger partial charge in [0.2, 0.25) is 0 Å². The summed E-state index contributed by atoms with van der Waals surface area (Å²) < 4.78 is 36.1. The van der Waals surface area contributed by atoms with E-state index in [0.717, 1.165) is 15.4 Å². The monoisotopic (exact) mass is 325 g/mol. The van der Waals surface area contributed by atoms with Gasteiger partial charge in [-0.15, -0.1) is 0 Å². The SMILES string of the molecule is CS(=O)(=O)c1ccc(Sc2ccc(F)cc2CCN)cc1. The van der Waals surface area contributed by atoms with Crippen molar-refractivity contribution >= 4 is 21.6 Å². The van der Waals surface area contributed by atoms with Gasteiger partial charge in [0, 0.05) is 16.0 Å². The van der Waals surface area contributed by atoms with Gasteiger partial charge in [-0.1, -0.05) is 11.8 Å². The van der Waals surface area contributed by atoms with Crippen molar-refractivity contribution in [3.8, 4) is 0 Å². The van der Waals surface area contributed by atoms with E-state index in [2.05, 4.69) is 0 Å². The summed E-state index contributed by atoms with van der Waals surface area (Å²) in [5, 5.41) is 0. The van der Waals surface area contributed by atoms with Crippen LogP contribution in [0.3, 0.4) is 0 Å². The van der Waals surface area contributed by atoms with Gasteiger partial charge in [0.05, 0.1) is 4.90 Å². The van der Waals surface area contributed by atoms with Crippen molar-refractivity contribution in [1.82, 2.24) is 0 Å². The summed E-state index contributed by atoms with van der Waals surface area (Å²) in [6, 6.07) is 11.3. The molecule has 2 rings (SSSR count). The van der Waals surface area contributed by atoms with Gasteiger partial charge in [0.1, 0.15) is 5.82 Å². The van der Waals surface area contributed by atoms with E-state index in [0.29, 0.717) is 13.0 Å². The second kappa shape index (κ2) is 6.60. The van der Waals surface area contributed by atoms with E-state index in [4.69, 9.17) is 5.73 Å². The van der Waals surface area contributed by atoms with E-state index < -0.39 is 9.84 Å². The van der Waals surface area contributed by atoms with Crippen LogP contribution in [-0.4, -0.2) is 21.2 Å². The highest BCUT2D eigenvalue weighted by molar-refractivity contribution is 7.99. The fraction of sp³-hybridized carbons (Fsp3) is 0.200. The van der Waals surface area contributed by atoms with Crippen LogP contribution in [-0.2, 0) is 16.3 Å². The third-order valence-corrected chi connectivity index (χ3v) is 5.17. The molecule has 2 N–H and O–H groups in total. The van der Waals surface area contributed by atoms with Crippen molar-refractivity contribution in [2.45, 2.75) is 21.1 Å². The number of benzene rings is 2. The summed E-state index contributed by atoms with van der Waals surface area (Å²) in [4.78, 5) is 2.11. The Hall–Kier alpha value is -1.37. The van der Waals surface area contributed by atoms with Crippen LogP contribution in [0, 0.1) is 5.82 Å². The maximum atomic E-state index is 13.3. The quantitative estimate of drug-likeness (QED) is 0.918. The van der Waals surface area contributed by atoms with Crippen molar-refractivity contribution in [3.05, 3.63) is 53.8 Å². The normalized spacial score (nSPS) is 11.6. The molecule has 21 heavy (non-hydrogen) atoms. The van der Waals surface area contributed by atoms with Gasteiger partial charge in [-0.2, -0.15) is 0 Å². The van der Waals surface area contributed by atoms with Crippen LogP contribution < -0.4 is 5.73 Å². The molecule has 2 aromatic rings. The third kappa shape index (κ3) is 4.30. The molecular weight excluding hydrogens is 309 g/mol. The van der Waals surface area contributed by atoms with Gasteiger partial charge < -0.3 is 5.73 Å². The highest BCUT2D eigenvalue weighted by Crippen LogP contribution is 2.31. The highest BCUT2D eigenvalue weighted by atomic mass is 32.2. The number of hydrogen-bond acceptors (Lipinski definition) is 4. The molecule has 2 aromatic carbocycles. The minimum Gasteiger partial charge on any atom is -0.330 e. The molecule has 0 saturated heterocycles. The Morgan fingerprint density at radius 3 is 2.38 bits per heavy atom. The van der Waals surface area contributed by atoms with Crippen LogP contribution in [0.2, 0.25) is 0 Å². The molecule has 0 aliphatic heterocycles. The minimum absolute atomic E-state index is 0.282. The largest absolute Gasteiger partial charge is 0.330 e. The Morgan fingerprint density at radius 1 is 1.14 bits per heavy atom. The molecule has 112 valence electrons. The topological polar surface area (TPSA) is 60.2 Å². The van der Waals surface area contributed by atoms with Crippen LogP contribution in [0.25, 0.3) is 0 Å². The van der Waals surface area contributed by atoms with Gasteiger partial charge in [-0.25, -0.2) is 12.8 Å². The molecule has 0 spiro atoms. The van der Waals surface area contributed by atoms with E-state index >= 15 is 0 Å². The zero-order chi connectivity index (χ0) is 15.5. The fourth-order valence-corrected chi connectivity index (χ4v) is 3.47. The summed E-state index contributed by atoms with van der Waals surface area (Å²) in [5.74, 6) is -0.282. The fourth-order valence-electron chi connectivity index (χ4n) is 1.88. The molecule has 6 heteroatoms. The molecule has 0 heterocycles. The maximum Gasteiger partial charge on any atom is 0.175 e. The van der Waals surface area contributed by atoms with Crippen molar-refractivity contribution < 1.29 is 12.8 Å². The number of nitrogens with two attached hydrogens (primary N) is 1. The van der Waals surface area contributed by atoms with E-state index in [-0.39, 0.29) is 10.7 Å². The first-order chi connectivity index (χ1) is 9.90. The van der Waals surface area contributed by atoms with Gasteiger partial charge in [-0.3, -0.25) is 0 Å². The average molecular weight is 325 g/mol. The zero-order valence-electron chi connectivity index (χ0n) is 11.5. The van der Waals surface area contributed by atoms with Crippen molar-refractivity contribution in [1.29, 1.82) is 0 Å². The Labute approximate surface area is 128 Å². The zero-order valence-corrected chi connectivity index (χ0v) is 13.2. The molecule has 0 saturated carbocycles. The molecule has 0 radical (unpaired) electrons. The summed E-state index contributed by atoms with van der Waals surface area (Å²) >= 11 is 1.47. The average Bonchev–Trinajstić information content (AvgIpc) is 2.42. The number of rotatable bonds is 5. The Balaban J connectivity index is 2.26. The first-order valence-electron chi connectivity index (χ1n) is 6.36. The van der Waals surface area contributed by atoms with Gasteiger partial charge in [-0.05, 0) is 61.0 Å². The van der Waals surface area contributed by atoms with E-state index in [9.17, 15) is 12.8 Å². The van der Waals surface area contributed by atoms with Crippen molar-refractivity contribution in [2.24, 2.45) is 5.73 Å². The Bertz CT molecular complexity index is 728. The molecule has 0 fully saturated rings. The lowest BCUT2D eigenvalue weighted by Gasteiger charge is -2.09. The first kappa shape index (κ1) is 16.0. The molecular formula is C15H16FNO2S2. The summed E-state index contributed by atoms with van der Waals surface area (Å²) in [7, 11) is -3.19. The molecule has 0 unspecified atom stereocenters. The molecule has 3 nitrogen and oxygen atoms in total.